The summed E-state index contributed by atoms with van der Waals surface area (Å²) in [5, 5.41) is 5.16. The molecule has 4 rings (SSSR count). The Bertz CT molecular complexity index is 1260. The summed E-state index contributed by atoms with van der Waals surface area (Å²) in [6, 6.07) is 26.7. The van der Waals surface area contributed by atoms with Gasteiger partial charge in [-0.2, -0.15) is 0 Å². The van der Waals surface area contributed by atoms with Crippen molar-refractivity contribution in [3.05, 3.63) is 102 Å². The zero-order valence-electron chi connectivity index (χ0n) is 22.3. The van der Waals surface area contributed by atoms with Gasteiger partial charge < -0.3 is 19.5 Å². The Kier molecular flexibility index (Phi) is 25.1. The second-order valence-corrected chi connectivity index (χ2v) is 8.15. The van der Waals surface area contributed by atoms with Crippen molar-refractivity contribution in [3.8, 4) is 11.5 Å². The van der Waals surface area contributed by atoms with Crippen LogP contribution in [0, 0.1) is 0 Å². The van der Waals surface area contributed by atoms with Crippen LogP contribution in [0.3, 0.4) is 0 Å². The van der Waals surface area contributed by atoms with E-state index in [1.807, 2.05) is 92.0 Å². The van der Waals surface area contributed by atoms with Gasteiger partial charge in [0.1, 0.15) is 11.5 Å². The SMILES string of the molecule is C.C.C.C.C.CNc1ccc(OC)cc1.COCc1ccc(C(C)=O)cc1.COc1ccc2cc(C(C)=O)ccc2c1. The number of carbonyl (C=O) groups is 2. The minimum Gasteiger partial charge on any atom is -0.497 e. The minimum atomic E-state index is 0. The largest absolute Gasteiger partial charge is 0.497 e. The Labute approximate surface area is 256 Å². The third-order valence-corrected chi connectivity index (χ3v) is 5.50. The van der Waals surface area contributed by atoms with Crippen molar-refractivity contribution in [2.24, 2.45) is 0 Å². The summed E-state index contributed by atoms with van der Waals surface area (Å²) in [4.78, 5) is 22.1. The van der Waals surface area contributed by atoms with Crippen molar-refractivity contribution in [1.29, 1.82) is 0 Å². The number of anilines is 1. The topological polar surface area (TPSA) is 73.9 Å². The number of benzene rings is 4. The molecule has 0 amide bonds. The highest BCUT2D eigenvalue weighted by Crippen LogP contribution is 2.22. The molecular formula is C36H55NO5. The molecule has 6 nitrogen and oxygen atoms in total. The molecular weight excluding hydrogens is 526 g/mol. The Morgan fingerprint density at radius 1 is 0.595 bits per heavy atom. The lowest BCUT2D eigenvalue weighted by Crippen LogP contribution is -1.93. The molecule has 1 N–H and O–H groups in total. The summed E-state index contributed by atoms with van der Waals surface area (Å²) in [5.41, 5.74) is 3.67. The first-order valence-electron chi connectivity index (χ1n) is 11.8. The van der Waals surface area contributed by atoms with E-state index in [9.17, 15) is 9.59 Å². The Hall–Kier alpha value is -4.16. The molecule has 4 aromatic carbocycles. The molecule has 0 aromatic heterocycles. The van der Waals surface area contributed by atoms with Crippen LogP contribution in [-0.2, 0) is 11.3 Å². The van der Waals surface area contributed by atoms with Crippen LogP contribution in [0.5, 0.6) is 11.5 Å². The quantitative estimate of drug-likeness (QED) is 0.219. The molecule has 0 spiro atoms. The van der Waals surface area contributed by atoms with Gasteiger partial charge in [-0.05, 0) is 72.6 Å². The predicted octanol–water partition coefficient (Wildman–Crippen LogP) is 10.0. The van der Waals surface area contributed by atoms with Gasteiger partial charge >= 0.3 is 0 Å². The van der Waals surface area contributed by atoms with Crippen molar-refractivity contribution in [3.63, 3.8) is 0 Å². The highest BCUT2D eigenvalue weighted by atomic mass is 16.5. The Balaban J connectivity index is -0.000000248. The molecule has 0 atom stereocenters. The number of methoxy groups -OCH3 is 3. The fourth-order valence-electron chi connectivity index (χ4n) is 3.33. The van der Waals surface area contributed by atoms with Crippen molar-refractivity contribution in [1.82, 2.24) is 0 Å². The summed E-state index contributed by atoms with van der Waals surface area (Å²) < 4.78 is 15.1. The van der Waals surface area contributed by atoms with Crippen LogP contribution in [0.25, 0.3) is 10.8 Å². The fourth-order valence-corrected chi connectivity index (χ4v) is 3.33. The number of ketones is 2. The number of fused-ring (bicyclic) bond motifs is 1. The molecule has 0 saturated carbocycles. The number of rotatable bonds is 7. The molecule has 0 bridgehead atoms. The van der Waals surface area contributed by atoms with Crippen LogP contribution in [0.15, 0.2) is 84.9 Å². The first kappa shape index (κ1) is 44.8. The fraction of sp³-hybridized carbons (Fsp3) is 0.333. The summed E-state index contributed by atoms with van der Waals surface area (Å²) in [5.74, 6) is 1.91. The van der Waals surface area contributed by atoms with Gasteiger partial charge in [0.05, 0.1) is 20.8 Å². The van der Waals surface area contributed by atoms with Gasteiger partial charge in [-0.1, -0.05) is 79.6 Å². The maximum absolute atomic E-state index is 11.2. The molecule has 0 radical (unpaired) electrons. The van der Waals surface area contributed by atoms with Crippen molar-refractivity contribution in [2.75, 3.05) is 33.7 Å². The number of hydrogen-bond donors (Lipinski definition) is 1. The lowest BCUT2D eigenvalue weighted by Gasteiger charge is -2.03. The van der Waals surface area contributed by atoms with E-state index in [2.05, 4.69) is 5.32 Å². The van der Waals surface area contributed by atoms with Crippen molar-refractivity contribution >= 4 is 28.0 Å². The predicted molar refractivity (Wildman–Crippen MR) is 184 cm³/mol. The zero-order valence-corrected chi connectivity index (χ0v) is 22.3. The van der Waals surface area contributed by atoms with E-state index in [0.717, 1.165) is 44.6 Å². The Morgan fingerprint density at radius 3 is 1.50 bits per heavy atom. The first-order chi connectivity index (χ1) is 17.8. The van der Waals surface area contributed by atoms with Crippen molar-refractivity contribution in [2.45, 2.75) is 57.6 Å². The highest BCUT2D eigenvalue weighted by Gasteiger charge is 2.01. The molecule has 0 aliphatic rings. The van der Waals surface area contributed by atoms with Gasteiger partial charge in [-0.15, -0.1) is 0 Å². The van der Waals surface area contributed by atoms with Gasteiger partial charge in [0.25, 0.3) is 0 Å². The number of nitrogens with one attached hydrogen (secondary N) is 1. The molecule has 42 heavy (non-hydrogen) atoms. The smallest absolute Gasteiger partial charge is 0.159 e. The summed E-state index contributed by atoms with van der Waals surface area (Å²) in [6.45, 7) is 3.73. The summed E-state index contributed by atoms with van der Waals surface area (Å²) in [6.07, 6.45) is 0. The maximum Gasteiger partial charge on any atom is 0.159 e. The maximum atomic E-state index is 11.2. The normalized spacial score (nSPS) is 8.62. The second-order valence-electron chi connectivity index (χ2n) is 8.15. The summed E-state index contributed by atoms with van der Waals surface area (Å²) >= 11 is 0. The molecule has 0 saturated heterocycles. The molecule has 6 heteroatoms. The average Bonchev–Trinajstić information content (AvgIpc) is 2.93. The van der Waals surface area contributed by atoms with Gasteiger partial charge in [0.15, 0.2) is 11.6 Å². The van der Waals surface area contributed by atoms with Crippen LogP contribution in [0.2, 0.25) is 0 Å². The molecule has 0 aliphatic carbocycles. The van der Waals surface area contributed by atoms with Gasteiger partial charge in [0, 0.05) is 31.0 Å². The van der Waals surface area contributed by atoms with E-state index in [-0.39, 0.29) is 48.7 Å². The molecule has 0 heterocycles. The third kappa shape index (κ3) is 14.5. The lowest BCUT2D eigenvalue weighted by molar-refractivity contribution is 0.100. The number of ether oxygens (including phenoxy) is 3. The van der Waals surface area contributed by atoms with Crippen LogP contribution in [0.1, 0.15) is 77.3 Å². The molecule has 0 unspecified atom stereocenters. The van der Waals surface area contributed by atoms with E-state index >= 15 is 0 Å². The summed E-state index contributed by atoms with van der Waals surface area (Å²) in [7, 11) is 6.85. The van der Waals surface area contributed by atoms with Crippen LogP contribution in [-0.4, -0.2) is 39.9 Å². The van der Waals surface area contributed by atoms with Crippen LogP contribution in [0.4, 0.5) is 5.69 Å². The number of hydrogen-bond acceptors (Lipinski definition) is 6. The number of Topliss-reactive ketones (excluding diaryl/α,β-unsaturated/α-hetero) is 2. The van der Waals surface area contributed by atoms with Gasteiger partial charge in [-0.25, -0.2) is 0 Å². The average molecular weight is 582 g/mol. The molecule has 4 aromatic rings. The second kappa shape index (κ2) is 23.5. The zero-order chi connectivity index (χ0) is 27.2. The minimum absolute atomic E-state index is 0. The van der Waals surface area contributed by atoms with Gasteiger partial charge in [0.2, 0.25) is 0 Å². The number of carbonyl (C=O) groups excluding carboxylic acids is 2. The van der Waals surface area contributed by atoms with Crippen LogP contribution < -0.4 is 14.8 Å². The highest BCUT2D eigenvalue weighted by molar-refractivity contribution is 5.98. The van der Waals surface area contributed by atoms with Gasteiger partial charge in [-0.3, -0.25) is 9.59 Å². The van der Waals surface area contributed by atoms with E-state index in [1.165, 1.54) is 0 Å². The van der Waals surface area contributed by atoms with E-state index in [0.29, 0.717) is 6.61 Å². The molecule has 0 aliphatic heterocycles. The van der Waals surface area contributed by atoms with Crippen molar-refractivity contribution < 1.29 is 23.8 Å². The lowest BCUT2D eigenvalue weighted by atomic mass is 10.0. The van der Waals surface area contributed by atoms with E-state index < -0.39 is 0 Å². The van der Waals surface area contributed by atoms with E-state index in [1.54, 1.807) is 35.2 Å². The first-order valence-corrected chi connectivity index (χ1v) is 11.8. The Morgan fingerprint density at radius 2 is 1.05 bits per heavy atom. The molecule has 0 fully saturated rings. The third-order valence-electron chi connectivity index (χ3n) is 5.50. The van der Waals surface area contributed by atoms with Crippen LogP contribution >= 0.6 is 0 Å². The van der Waals surface area contributed by atoms with E-state index in [4.69, 9.17) is 14.2 Å². The monoisotopic (exact) mass is 581 g/mol. The standard InChI is InChI=1S/C13H12O2.C10H12O2.C8H11NO.5CH4/c1-9(14)10-3-4-12-8-13(15-2)6-5-11(12)7-10;1-8(11)10-5-3-9(4-6-10)7-12-2;1-9-7-3-5-8(10-2)6-4-7;;;;;/h3-8H,1-2H3;3-6H,7H2,1-2H3;3-6,9H,1-2H3;5*1H4. The molecule has 234 valence electrons.